The van der Waals surface area contributed by atoms with Crippen LogP contribution in [0.15, 0.2) is 46.7 Å². The van der Waals surface area contributed by atoms with Crippen molar-refractivity contribution in [2.24, 2.45) is 10.3 Å². The lowest BCUT2D eigenvalue weighted by atomic mass is 10.1. The zero-order chi connectivity index (χ0) is 13.4. The molecule has 0 spiro atoms. The highest BCUT2D eigenvalue weighted by Crippen LogP contribution is 2.09. The van der Waals surface area contributed by atoms with Gasteiger partial charge in [0.1, 0.15) is 0 Å². The van der Waals surface area contributed by atoms with Crippen molar-refractivity contribution in [3.05, 3.63) is 57.3 Å². The van der Waals surface area contributed by atoms with Crippen molar-refractivity contribution in [3.8, 4) is 11.5 Å². The van der Waals surface area contributed by atoms with E-state index >= 15 is 0 Å². The van der Waals surface area contributed by atoms with E-state index in [2.05, 4.69) is 22.4 Å². The van der Waals surface area contributed by atoms with Crippen LogP contribution in [0.3, 0.4) is 0 Å². The quantitative estimate of drug-likeness (QED) is 0.718. The van der Waals surface area contributed by atoms with E-state index < -0.39 is 0 Å². The third-order valence-corrected chi connectivity index (χ3v) is 3.33. The van der Waals surface area contributed by atoms with E-state index in [1.54, 1.807) is 12.4 Å². The SMILES string of the molecule is C1=NOc2cccc(=c3cccc4c3=CC=NO4)c2=C1. The minimum atomic E-state index is 0.757. The van der Waals surface area contributed by atoms with Crippen LogP contribution >= 0.6 is 0 Å². The normalized spacial score (nSPS) is 16.0. The first-order valence-electron chi connectivity index (χ1n) is 6.27. The Balaban J connectivity index is 2.30. The van der Waals surface area contributed by atoms with Gasteiger partial charge in [-0.05, 0) is 34.7 Å². The summed E-state index contributed by atoms with van der Waals surface area (Å²) in [6.07, 6.45) is 7.21. The summed E-state index contributed by atoms with van der Waals surface area (Å²) < 4.78 is 0. The van der Waals surface area contributed by atoms with Crippen molar-refractivity contribution in [1.82, 2.24) is 0 Å². The largest absolute Gasteiger partial charge is 0.356 e. The molecule has 0 unspecified atom stereocenters. The zero-order valence-corrected chi connectivity index (χ0v) is 10.5. The van der Waals surface area contributed by atoms with Crippen LogP contribution in [-0.4, -0.2) is 12.4 Å². The summed E-state index contributed by atoms with van der Waals surface area (Å²) in [6.45, 7) is 0. The Morgan fingerprint density at radius 2 is 1.15 bits per heavy atom. The number of oxime groups is 2. The minimum Gasteiger partial charge on any atom is -0.356 e. The molecule has 4 nitrogen and oxygen atoms in total. The van der Waals surface area contributed by atoms with Crippen LogP contribution in [0.5, 0.6) is 11.5 Å². The average molecular weight is 262 g/mol. The molecule has 20 heavy (non-hydrogen) atoms. The van der Waals surface area contributed by atoms with E-state index in [4.69, 9.17) is 9.68 Å². The monoisotopic (exact) mass is 262 g/mol. The number of hydrogen-bond donors (Lipinski definition) is 0. The Hall–Kier alpha value is -2.88. The van der Waals surface area contributed by atoms with Gasteiger partial charge in [0.15, 0.2) is 11.5 Å². The first kappa shape index (κ1) is 11.0. The third kappa shape index (κ3) is 1.62. The van der Waals surface area contributed by atoms with Gasteiger partial charge in [0, 0.05) is 10.4 Å². The van der Waals surface area contributed by atoms with Crippen LogP contribution in [0, 0.1) is 10.4 Å². The Kier molecular flexibility index (Phi) is 2.39. The van der Waals surface area contributed by atoms with Gasteiger partial charge in [-0.15, -0.1) is 0 Å². The molecule has 2 aliphatic rings. The number of hydrogen-bond acceptors (Lipinski definition) is 4. The Labute approximate surface area is 114 Å². The fraction of sp³-hybridized carbons (Fsp3) is 0. The highest BCUT2D eigenvalue weighted by Gasteiger charge is 2.04. The van der Waals surface area contributed by atoms with Crippen molar-refractivity contribution in [2.45, 2.75) is 0 Å². The second-order valence-corrected chi connectivity index (χ2v) is 4.46. The van der Waals surface area contributed by atoms with E-state index in [-0.39, 0.29) is 0 Å². The summed E-state index contributed by atoms with van der Waals surface area (Å²) in [5.74, 6) is 1.51. The summed E-state index contributed by atoms with van der Waals surface area (Å²) in [5.41, 5.74) is 0. The van der Waals surface area contributed by atoms with E-state index in [1.165, 1.54) is 0 Å². The molecule has 0 bridgehead atoms. The molecule has 4 rings (SSSR count). The van der Waals surface area contributed by atoms with Crippen molar-refractivity contribution in [3.63, 3.8) is 0 Å². The summed E-state index contributed by atoms with van der Waals surface area (Å²) in [6, 6.07) is 11.9. The lowest BCUT2D eigenvalue weighted by molar-refractivity contribution is 0.338. The Bertz CT molecular complexity index is 879. The average Bonchev–Trinajstić information content (AvgIpc) is 2.54. The fourth-order valence-corrected chi connectivity index (χ4v) is 2.45. The maximum atomic E-state index is 5.30. The molecule has 96 valence electrons. The lowest BCUT2D eigenvalue weighted by Crippen LogP contribution is -2.17. The topological polar surface area (TPSA) is 43.2 Å². The molecule has 2 aromatic rings. The maximum Gasteiger partial charge on any atom is 0.165 e. The minimum absolute atomic E-state index is 0.757. The molecular formula is C16H10N2O2. The van der Waals surface area contributed by atoms with E-state index in [1.807, 2.05) is 36.4 Å². The first-order chi connectivity index (χ1) is 9.93. The summed E-state index contributed by atoms with van der Waals surface area (Å²) >= 11 is 0. The van der Waals surface area contributed by atoms with Gasteiger partial charge < -0.3 is 9.68 Å². The standard InChI is InChI=1S/C16H10N2O2/c1-3-11(13-7-9-17-19-15(13)5-1)12-4-2-6-16-14(12)8-10-18-20-16/h1-10H. The highest BCUT2D eigenvalue weighted by atomic mass is 16.6. The van der Waals surface area contributed by atoms with E-state index in [9.17, 15) is 0 Å². The smallest absolute Gasteiger partial charge is 0.165 e. The molecule has 0 amide bonds. The molecule has 0 saturated heterocycles. The molecule has 4 heteroatoms. The number of nitrogens with zero attached hydrogens (tertiary/aromatic N) is 2. The molecule has 0 fully saturated rings. The molecule has 2 aliphatic heterocycles. The van der Waals surface area contributed by atoms with Gasteiger partial charge in [0.25, 0.3) is 0 Å². The van der Waals surface area contributed by atoms with Crippen LogP contribution in [0.4, 0.5) is 0 Å². The molecule has 2 heterocycles. The van der Waals surface area contributed by atoms with Gasteiger partial charge in [-0.25, -0.2) is 0 Å². The van der Waals surface area contributed by atoms with Crippen LogP contribution in [0.25, 0.3) is 12.2 Å². The summed E-state index contributed by atoms with van der Waals surface area (Å²) in [7, 11) is 0. The van der Waals surface area contributed by atoms with Gasteiger partial charge in [-0.2, -0.15) is 0 Å². The fourth-order valence-electron chi connectivity index (χ4n) is 2.45. The predicted molar refractivity (Wildman–Crippen MR) is 77.0 cm³/mol. The van der Waals surface area contributed by atoms with Crippen molar-refractivity contribution >= 4 is 24.6 Å². The summed E-state index contributed by atoms with van der Waals surface area (Å²) in [4.78, 5) is 10.6. The molecule has 0 aromatic heterocycles. The molecule has 0 atom stereocenters. The van der Waals surface area contributed by atoms with E-state index in [0.29, 0.717) is 0 Å². The van der Waals surface area contributed by atoms with Gasteiger partial charge in [0.05, 0.1) is 12.4 Å². The van der Waals surface area contributed by atoms with Crippen molar-refractivity contribution in [2.75, 3.05) is 0 Å². The summed E-state index contributed by atoms with van der Waals surface area (Å²) in [5, 5.41) is 11.8. The first-order valence-corrected chi connectivity index (χ1v) is 6.27. The second-order valence-electron chi connectivity index (χ2n) is 4.46. The van der Waals surface area contributed by atoms with Gasteiger partial charge in [-0.1, -0.05) is 34.6 Å². The number of benzene rings is 2. The Morgan fingerprint density at radius 1 is 0.650 bits per heavy atom. The van der Waals surface area contributed by atoms with Crippen molar-refractivity contribution < 1.29 is 9.68 Å². The third-order valence-electron chi connectivity index (χ3n) is 3.33. The second kappa shape index (κ2) is 4.35. The van der Waals surface area contributed by atoms with E-state index in [0.717, 1.165) is 32.4 Å². The van der Waals surface area contributed by atoms with Gasteiger partial charge in [-0.3, -0.25) is 0 Å². The number of rotatable bonds is 0. The molecule has 0 radical (unpaired) electrons. The van der Waals surface area contributed by atoms with Gasteiger partial charge in [0.2, 0.25) is 0 Å². The molecular weight excluding hydrogens is 252 g/mol. The van der Waals surface area contributed by atoms with Crippen LogP contribution in [0.1, 0.15) is 0 Å². The molecule has 0 N–H and O–H groups in total. The molecule has 2 aromatic carbocycles. The highest BCUT2D eigenvalue weighted by molar-refractivity contribution is 5.92. The molecule has 0 saturated carbocycles. The predicted octanol–water partition coefficient (Wildman–Crippen LogP) is 1.29. The maximum absolute atomic E-state index is 5.30. The van der Waals surface area contributed by atoms with Crippen LogP contribution in [-0.2, 0) is 0 Å². The van der Waals surface area contributed by atoms with Gasteiger partial charge >= 0.3 is 0 Å². The zero-order valence-electron chi connectivity index (χ0n) is 10.5. The molecule has 0 aliphatic carbocycles. The van der Waals surface area contributed by atoms with Crippen molar-refractivity contribution in [1.29, 1.82) is 0 Å². The van der Waals surface area contributed by atoms with Crippen LogP contribution in [0.2, 0.25) is 0 Å². The Morgan fingerprint density at radius 3 is 1.65 bits per heavy atom. The number of fused-ring (bicyclic) bond motifs is 2. The lowest BCUT2D eigenvalue weighted by Gasteiger charge is -2.06. The van der Waals surface area contributed by atoms with Crippen LogP contribution < -0.4 is 20.1 Å².